The summed E-state index contributed by atoms with van der Waals surface area (Å²) >= 11 is 12.0. The topological polar surface area (TPSA) is 66.0 Å². The van der Waals surface area contributed by atoms with Crippen molar-refractivity contribution < 1.29 is 9.53 Å². The molecule has 1 amide bonds. The number of carbonyl (C=O) groups excluding carboxylic acids is 1. The number of amides is 1. The van der Waals surface area contributed by atoms with E-state index in [1.807, 2.05) is 19.1 Å². The highest BCUT2D eigenvalue weighted by Gasteiger charge is 2.23. The highest BCUT2D eigenvalue weighted by Crippen LogP contribution is 2.19. The standard InChI is InChI=1S/C18H26Cl2N4O2/c1-3-26-18(25)24-8-5-16(6-9-24)23-17(21-2)22-7-4-13-10-14(19)12-15(20)11-13/h10-12,16H,3-9H2,1-2H3,(H2,21,22,23). The molecule has 8 heteroatoms. The lowest BCUT2D eigenvalue weighted by Gasteiger charge is -2.32. The third-order valence-corrected chi connectivity index (χ3v) is 4.65. The van der Waals surface area contributed by atoms with Crippen molar-refractivity contribution in [2.24, 2.45) is 4.99 Å². The zero-order chi connectivity index (χ0) is 18.9. The molecule has 1 aromatic carbocycles. The van der Waals surface area contributed by atoms with Crippen LogP contribution in [-0.4, -0.2) is 56.3 Å². The highest BCUT2D eigenvalue weighted by atomic mass is 35.5. The van der Waals surface area contributed by atoms with Gasteiger partial charge in [0.15, 0.2) is 5.96 Å². The lowest BCUT2D eigenvalue weighted by molar-refractivity contribution is 0.0963. The summed E-state index contributed by atoms with van der Waals surface area (Å²) in [6, 6.07) is 5.84. The van der Waals surface area contributed by atoms with E-state index in [4.69, 9.17) is 27.9 Å². The van der Waals surface area contributed by atoms with Crippen molar-refractivity contribution >= 4 is 35.3 Å². The monoisotopic (exact) mass is 400 g/mol. The molecule has 0 atom stereocenters. The molecule has 144 valence electrons. The van der Waals surface area contributed by atoms with Crippen LogP contribution in [0.2, 0.25) is 10.0 Å². The van der Waals surface area contributed by atoms with Gasteiger partial charge in [0.25, 0.3) is 0 Å². The number of nitrogens with zero attached hydrogens (tertiary/aromatic N) is 2. The van der Waals surface area contributed by atoms with Crippen LogP contribution in [0.25, 0.3) is 0 Å². The molecular formula is C18H26Cl2N4O2. The Hall–Kier alpha value is -1.66. The molecule has 6 nitrogen and oxygen atoms in total. The summed E-state index contributed by atoms with van der Waals surface area (Å²) < 4.78 is 5.04. The van der Waals surface area contributed by atoms with Crippen LogP contribution in [0.15, 0.2) is 23.2 Å². The van der Waals surface area contributed by atoms with Gasteiger partial charge in [0.1, 0.15) is 0 Å². The van der Waals surface area contributed by atoms with Crippen LogP contribution in [0.3, 0.4) is 0 Å². The van der Waals surface area contributed by atoms with Crippen LogP contribution < -0.4 is 10.6 Å². The molecule has 0 aliphatic carbocycles. The summed E-state index contributed by atoms with van der Waals surface area (Å²) in [5.41, 5.74) is 1.08. The van der Waals surface area contributed by atoms with Gasteiger partial charge in [-0.1, -0.05) is 23.2 Å². The van der Waals surface area contributed by atoms with Gasteiger partial charge in [-0.05, 0) is 49.9 Å². The molecule has 2 N–H and O–H groups in total. The SMILES string of the molecule is CCOC(=O)N1CCC(NC(=NC)NCCc2cc(Cl)cc(Cl)c2)CC1. The van der Waals surface area contributed by atoms with Gasteiger partial charge in [0.05, 0.1) is 6.61 Å². The summed E-state index contributed by atoms with van der Waals surface area (Å²) in [7, 11) is 1.75. The fraction of sp³-hybridized carbons (Fsp3) is 0.556. The molecule has 1 saturated heterocycles. The zero-order valence-corrected chi connectivity index (χ0v) is 16.7. The van der Waals surface area contributed by atoms with E-state index in [2.05, 4.69) is 15.6 Å². The summed E-state index contributed by atoms with van der Waals surface area (Å²) in [5.74, 6) is 0.757. The highest BCUT2D eigenvalue weighted by molar-refractivity contribution is 6.34. The number of rotatable bonds is 5. The van der Waals surface area contributed by atoms with Crippen molar-refractivity contribution in [1.82, 2.24) is 15.5 Å². The van der Waals surface area contributed by atoms with Crippen molar-refractivity contribution in [2.75, 3.05) is 33.3 Å². The summed E-state index contributed by atoms with van der Waals surface area (Å²) in [6.07, 6.45) is 2.29. The molecular weight excluding hydrogens is 375 g/mol. The van der Waals surface area contributed by atoms with E-state index >= 15 is 0 Å². The largest absolute Gasteiger partial charge is 0.450 e. The molecule has 0 aromatic heterocycles. The quantitative estimate of drug-likeness (QED) is 0.587. The maximum absolute atomic E-state index is 11.7. The molecule has 0 bridgehead atoms. The molecule has 0 spiro atoms. The van der Waals surface area contributed by atoms with E-state index in [-0.39, 0.29) is 12.1 Å². The van der Waals surface area contributed by atoms with Gasteiger partial charge in [0, 0.05) is 42.8 Å². The minimum atomic E-state index is -0.228. The Balaban J connectivity index is 1.73. The third kappa shape index (κ3) is 6.57. The average Bonchev–Trinajstić information content (AvgIpc) is 2.61. The fourth-order valence-corrected chi connectivity index (χ4v) is 3.46. The van der Waals surface area contributed by atoms with Crippen LogP contribution in [0.5, 0.6) is 0 Å². The molecule has 1 aromatic rings. The van der Waals surface area contributed by atoms with Gasteiger partial charge in [-0.25, -0.2) is 4.79 Å². The number of ether oxygens (including phenoxy) is 1. The Morgan fingerprint density at radius 3 is 2.50 bits per heavy atom. The van der Waals surface area contributed by atoms with Crippen LogP contribution in [0, 0.1) is 0 Å². The lowest BCUT2D eigenvalue weighted by Crippen LogP contribution is -2.50. The zero-order valence-electron chi connectivity index (χ0n) is 15.2. The number of nitrogens with one attached hydrogen (secondary N) is 2. The maximum Gasteiger partial charge on any atom is 0.409 e. The van der Waals surface area contributed by atoms with Crippen molar-refractivity contribution in [2.45, 2.75) is 32.2 Å². The van der Waals surface area contributed by atoms with Crippen molar-refractivity contribution in [1.29, 1.82) is 0 Å². The first kappa shape index (κ1) is 20.6. The lowest BCUT2D eigenvalue weighted by atomic mass is 10.1. The molecule has 2 rings (SSSR count). The van der Waals surface area contributed by atoms with E-state index in [1.54, 1.807) is 18.0 Å². The summed E-state index contributed by atoms with van der Waals surface area (Å²) in [4.78, 5) is 17.8. The van der Waals surface area contributed by atoms with Crippen molar-refractivity contribution in [3.8, 4) is 0 Å². The Morgan fingerprint density at radius 2 is 1.92 bits per heavy atom. The second-order valence-electron chi connectivity index (χ2n) is 6.13. The molecule has 1 fully saturated rings. The molecule has 1 heterocycles. The molecule has 0 saturated carbocycles. The number of guanidine groups is 1. The van der Waals surface area contributed by atoms with E-state index in [0.717, 1.165) is 37.3 Å². The number of hydrogen-bond donors (Lipinski definition) is 2. The van der Waals surface area contributed by atoms with Crippen LogP contribution in [-0.2, 0) is 11.2 Å². The van der Waals surface area contributed by atoms with E-state index in [0.29, 0.717) is 29.7 Å². The summed E-state index contributed by atoms with van der Waals surface area (Å²) in [6.45, 7) is 4.33. The number of carbonyl (C=O) groups is 1. The molecule has 1 aliphatic rings. The number of likely N-dealkylation sites (tertiary alicyclic amines) is 1. The molecule has 1 aliphatic heterocycles. The molecule has 26 heavy (non-hydrogen) atoms. The van der Waals surface area contributed by atoms with Crippen LogP contribution in [0.1, 0.15) is 25.3 Å². The molecule has 0 radical (unpaired) electrons. The van der Waals surface area contributed by atoms with Gasteiger partial charge in [0.2, 0.25) is 0 Å². The van der Waals surface area contributed by atoms with E-state index in [1.165, 1.54) is 0 Å². The number of hydrogen-bond acceptors (Lipinski definition) is 3. The van der Waals surface area contributed by atoms with Gasteiger partial charge < -0.3 is 20.3 Å². The fourth-order valence-electron chi connectivity index (χ4n) is 2.89. The first-order chi connectivity index (χ1) is 12.5. The molecule has 0 unspecified atom stereocenters. The Morgan fingerprint density at radius 1 is 1.27 bits per heavy atom. The van der Waals surface area contributed by atoms with Crippen molar-refractivity contribution in [3.05, 3.63) is 33.8 Å². The van der Waals surface area contributed by atoms with Gasteiger partial charge in [-0.3, -0.25) is 4.99 Å². The number of piperidine rings is 1. The Kier molecular flexibility index (Phi) is 8.32. The number of benzene rings is 1. The normalized spacial score (nSPS) is 15.7. The van der Waals surface area contributed by atoms with Crippen molar-refractivity contribution in [3.63, 3.8) is 0 Å². The second-order valence-corrected chi connectivity index (χ2v) is 7.00. The van der Waals surface area contributed by atoms with Gasteiger partial charge >= 0.3 is 6.09 Å². The first-order valence-electron chi connectivity index (χ1n) is 8.85. The Labute approximate surface area is 164 Å². The Bertz CT molecular complexity index is 611. The predicted molar refractivity (Wildman–Crippen MR) is 106 cm³/mol. The minimum Gasteiger partial charge on any atom is -0.450 e. The van der Waals surface area contributed by atoms with Crippen LogP contribution >= 0.6 is 23.2 Å². The first-order valence-corrected chi connectivity index (χ1v) is 9.61. The number of halogens is 2. The predicted octanol–water partition coefficient (Wildman–Crippen LogP) is 3.32. The second kappa shape index (κ2) is 10.5. The minimum absolute atomic E-state index is 0.228. The van der Waals surface area contributed by atoms with Crippen LogP contribution in [0.4, 0.5) is 4.79 Å². The number of aliphatic imine (C=N–C) groups is 1. The van der Waals surface area contributed by atoms with E-state index < -0.39 is 0 Å². The van der Waals surface area contributed by atoms with Gasteiger partial charge in [-0.15, -0.1) is 0 Å². The van der Waals surface area contributed by atoms with Gasteiger partial charge in [-0.2, -0.15) is 0 Å². The third-order valence-electron chi connectivity index (χ3n) is 4.21. The average molecular weight is 401 g/mol. The van der Waals surface area contributed by atoms with E-state index in [9.17, 15) is 4.79 Å². The smallest absolute Gasteiger partial charge is 0.409 e. The summed E-state index contributed by atoms with van der Waals surface area (Å²) in [5, 5.41) is 8.00. The maximum atomic E-state index is 11.7.